The van der Waals surface area contributed by atoms with Crippen molar-refractivity contribution in [3.05, 3.63) is 18.6 Å². The maximum Gasteiger partial charge on any atom is 0.255 e. The summed E-state index contributed by atoms with van der Waals surface area (Å²) in [5.74, 6) is 0. The van der Waals surface area contributed by atoms with Crippen LogP contribution in [0.5, 0.6) is 0 Å². The van der Waals surface area contributed by atoms with Gasteiger partial charge in [-0.2, -0.15) is 4.57 Å². The van der Waals surface area contributed by atoms with Gasteiger partial charge >= 0.3 is 0 Å². The van der Waals surface area contributed by atoms with Crippen molar-refractivity contribution >= 4 is 12.6 Å². The van der Waals surface area contributed by atoms with Crippen LogP contribution < -0.4 is 4.57 Å². The Balaban J connectivity index is 3.01. The third-order valence-corrected chi connectivity index (χ3v) is 1.53. The highest BCUT2D eigenvalue weighted by Gasteiger charge is 1.99. The van der Waals surface area contributed by atoms with Gasteiger partial charge in [0.1, 0.15) is 12.7 Å². The Morgan fingerprint density at radius 1 is 1.78 bits per heavy atom. The van der Waals surface area contributed by atoms with E-state index < -0.39 is 0 Å². The van der Waals surface area contributed by atoms with Gasteiger partial charge in [-0.05, 0) is 6.92 Å². The van der Waals surface area contributed by atoms with E-state index in [0.29, 0.717) is 0 Å². The van der Waals surface area contributed by atoms with Gasteiger partial charge in [-0.15, -0.1) is 0 Å². The third kappa shape index (κ3) is 1.42. The van der Waals surface area contributed by atoms with E-state index >= 15 is 0 Å². The van der Waals surface area contributed by atoms with Gasteiger partial charge in [0.15, 0.2) is 6.20 Å². The fourth-order valence-electron chi connectivity index (χ4n) is 0.647. The number of aryl methyl sites for hydroxylation is 1. The molecular formula is C6H9N2S+. The molecule has 1 rings (SSSR count). The molecule has 2 nitrogen and oxygen atoms in total. The van der Waals surface area contributed by atoms with Crippen LogP contribution in [0.3, 0.4) is 0 Å². The van der Waals surface area contributed by atoms with Crippen LogP contribution in [0.25, 0.3) is 0 Å². The van der Waals surface area contributed by atoms with Crippen molar-refractivity contribution in [1.82, 2.24) is 4.98 Å². The average molecular weight is 141 g/mol. The Kier molecular flexibility index (Phi) is 2.05. The highest BCUT2D eigenvalue weighted by Crippen LogP contribution is 1.91. The van der Waals surface area contributed by atoms with Crippen molar-refractivity contribution in [3.8, 4) is 0 Å². The minimum absolute atomic E-state index is 0.903. The molecule has 9 heavy (non-hydrogen) atoms. The minimum Gasteiger partial charge on any atom is -0.251 e. The van der Waals surface area contributed by atoms with Crippen LogP contribution in [0.2, 0.25) is 0 Å². The lowest BCUT2D eigenvalue weighted by atomic mass is 10.6. The molecule has 0 aliphatic carbocycles. The molecule has 1 heterocycles. The molecule has 1 aromatic heterocycles. The zero-order valence-electron chi connectivity index (χ0n) is 5.28. The summed E-state index contributed by atoms with van der Waals surface area (Å²) in [5, 5.41) is 0.903. The molecule has 0 unspecified atom stereocenters. The minimum atomic E-state index is 0.903. The molecule has 3 heteroatoms. The van der Waals surface area contributed by atoms with Crippen LogP contribution in [-0.4, -0.2) is 4.98 Å². The predicted octanol–water partition coefficient (Wildman–Crippen LogP) is 0.678. The third-order valence-electron chi connectivity index (χ3n) is 1.16. The Bertz CT molecular complexity index is 200. The van der Waals surface area contributed by atoms with Crippen LogP contribution in [-0.2, 0) is 6.54 Å². The van der Waals surface area contributed by atoms with Crippen molar-refractivity contribution in [2.75, 3.05) is 0 Å². The zero-order valence-corrected chi connectivity index (χ0v) is 6.18. The molecular weight excluding hydrogens is 132 g/mol. The first-order chi connectivity index (χ1) is 4.34. The molecule has 0 saturated carbocycles. The van der Waals surface area contributed by atoms with Gasteiger partial charge in [0, 0.05) is 0 Å². The van der Waals surface area contributed by atoms with Crippen molar-refractivity contribution in [1.29, 1.82) is 0 Å². The first-order valence-electron chi connectivity index (χ1n) is 2.87. The molecule has 0 aliphatic heterocycles. The van der Waals surface area contributed by atoms with Gasteiger partial charge < -0.3 is 0 Å². The summed E-state index contributed by atoms with van der Waals surface area (Å²) >= 11 is 4.18. The summed E-state index contributed by atoms with van der Waals surface area (Å²) in [6.07, 6.45) is 5.39. The second kappa shape index (κ2) is 2.82. The predicted molar refractivity (Wildman–Crippen MR) is 37.4 cm³/mol. The summed E-state index contributed by atoms with van der Waals surface area (Å²) in [4.78, 5) is 3.90. The Labute approximate surface area is 60.0 Å². The summed E-state index contributed by atoms with van der Waals surface area (Å²) in [7, 11) is 0. The van der Waals surface area contributed by atoms with Crippen LogP contribution in [0, 0.1) is 0 Å². The average Bonchev–Trinajstić information content (AvgIpc) is 1.89. The molecule has 0 radical (unpaired) electrons. The highest BCUT2D eigenvalue weighted by molar-refractivity contribution is 7.80. The fraction of sp³-hybridized carbons (Fsp3) is 0.333. The summed E-state index contributed by atoms with van der Waals surface area (Å²) in [6.45, 7) is 3.01. The van der Waals surface area contributed by atoms with Gasteiger partial charge in [-0.25, -0.2) is 0 Å². The van der Waals surface area contributed by atoms with E-state index in [9.17, 15) is 0 Å². The molecule has 0 aliphatic rings. The van der Waals surface area contributed by atoms with Gasteiger partial charge in [0.2, 0.25) is 0 Å². The molecule has 48 valence electrons. The molecule has 0 spiro atoms. The maximum atomic E-state index is 4.18. The standard InChI is InChI=1S/C6H8N2S/c1-2-8-4-3-7-5-6(8)9/h3-5H,2H2,1H3/p+1. The lowest BCUT2D eigenvalue weighted by molar-refractivity contribution is -0.729. The van der Waals surface area contributed by atoms with Crippen LogP contribution in [0.15, 0.2) is 23.6 Å². The van der Waals surface area contributed by atoms with E-state index in [1.807, 2.05) is 10.8 Å². The number of thiol groups is 1. The second-order valence-corrected chi connectivity index (χ2v) is 2.18. The van der Waals surface area contributed by atoms with Crippen molar-refractivity contribution in [3.63, 3.8) is 0 Å². The number of aromatic nitrogens is 2. The maximum absolute atomic E-state index is 4.18. The molecule has 0 aromatic carbocycles. The lowest BCUT2D eigenvalue weighted by Crippen LogP contribution is -2.33. The van der Waals surface area contributed by atoms with E-state index in [1.165, 1.54) is 0 Å². The number of nitrogens with zero attached hydrogens (tertiary/aromatic N) is 2. The van der Waals surface area contributed by atoms with Crippen molar-refractivity contribution < 1.29 is 4.57 Å². The summed E-state index contributed by atoms with van der Waals surface area (Å²) in [6, 6.07) is 0. The first kappa shape index (κ1) is 6.55. The van der Waals surface area contributed by atoms with Crippen LogP contribution in [0.1, 0.15) is 6.92 Å². The van der Waals surface area contributed by atoms with E-state index in [0.717, 1.165) is 11.6 Å². The van der Waals surface area contributed by atoms with Crippen molar-refractivity contribution in [2.45, 2.75) is 18.5 Å². The second-order valence-electron chi connectivity index (χ2n) is 1.72. The zero-order chi connectivity index (χ0) is 6.69. The van der Waals surface area contributed by atoms with Gasteiger partial charge in [0.05, 0.1) is 6.20 Å². The molecule has 0 amide bonds. The lowest BCUT2D eigenvalue weighted by Gasteiger charge is -1.90. The molecule has 0 atom stereocenters. The molecule has 0 N–H and O–H groups in total. The van der Waals surface area contributed by atoms with Crippen molar-refractivity contribution in [2.24, 2.45) is 0 Å². The Hall–Kier alpha value is -0.570. The quantitative estimate of drug-likeness (QED) is 0.449. The normalized spacial score (nSPS) is 9.56. The van der Waals surface area contributed by atoms with Gasteiger partial charge in [-0.1, -0.05) is 12.6 Å². The summed E-state index contributed by atoms with van der Waals surface area (Å²) < 4.78 is 2.01. The number of hydrogen-bond acceptors (Lipinski definition) is 2. The first-order valence-corrected chi connectivity index (χ1v) is 3.31. The Morgan fingerprint density at radius 2 is 2.56 bits per heavy atom. The van der Waals surface area contributed by atoms with E-state index in [1.54, 1.807) is 12.4 Å². The molecule has 0 fully saturated rings. The van der Waals surface area contributed by atoms with E-state index in [4.69, 9.17) is 0 Å². The summed E-state index contributed by atoms with van der Waals surface area (Å²) in [5.41, 5.74) is 0. The fourth-order valence-corrected chi connectivity index (χ4v) is 0.921. The Morgan fingerprint density at radius 3 is 3.00 bits per heavy atom. The van der Waals surface area contributed by atoms with Crippen LogP contribution >= 0.6 is 12.6 Å². The smallest absolute Gasteiger partial charge is 0.251 e. The molecule has 0 bridgehead atoms. The van der Waals surface area contributed by atoms with E-state index in [-0.39, 0.29) is 0 Å². The topological polar surface area (TPSA) is 16.8 Å². The number of rotatable bonds is 1. The van der Waals surface area contributed by atoms with Crippen LogP contribution in [0.4, 0.5) is 0 Å². The van der Waals surface area contributed by atoms with Gasteiger partial charge in [0.25, 0.3) is 5.03 Å². The SMILES string of the molecule is CC[n+]1ccncc1S. The monoisotopic (exact) mass is 141 g/mol. The number of hydrogen-bond donors (Lipinski definition) is 1. The van der Waals surface area contributed by atoms with Gasteiger partial charge in [-0.3, -0.25) is 4.98 Å². The van der Waals surface area contributed by atoms with E-state index in [2.05, 4.69) is 24.5 Å². The molecule has 1 aromatic rings. The largest absolute Gasteiger partial charge is 0.255 e. The highest BCUT2D eigenvalue weighted by atomic mass is 32.1. The molecule has 0 saturated heterocycles.